The van der Waals surface area contributed by atoms with Gasteiger partial charge in [0.25, 0.3) is 0 Å². The van der Waals surface area contributed by atoms with Crippen LogP contribution in [0.25, 0.3) is 10.9 Å². The Kier molecular flexibility index (Phi) is 5.35. The van der Waals surface area contributed by atoms with E-state index in [-0.39, 0.29) is 5.43 Å². The highest BCUT2D eigenvalue weighted by atomic mass is 16.5. The van der Waals surface area contributed by atoms with E-state index in [0.29, 0.717) is 12.0 Å². The maximum absolute atomic E-state index is 13.2. The van der Waals surface area contributed by atoms with Crippen LogP contribution in [0.15, 0.2) is 53.3 Å². The number of H-pyrrole nitrogens is 1. The van der Waals surface area contributed by atoms with E-state index in [9.17, 15) is 4.79 Å². The molecule has 1 saturated heterocycles. The number of hydrogen-bond donors (Lipinski definition) is 2. The molecule has 2 heterocycles. The molecule has 2 aromatic carbocycles. The number of hydrogen-bond acceptors (Lipinski definition) is 3. The van der Waals surface area contributed by atoms with E-state index in [2.05, 4.69) is 40.2 Å². The fourth-order valence-electron chi connectivity index (χ4n) is 4.05. The molecule has 146 valence electrons. The standard InChI is InChI=1S/C23H27N3O2/c1-3-28-19-9-10-22-20(15-19)23(27)21(17(2)24-22)16-25-11-13-26(14-12-25)18-7-5-4-6-8-18/h4-10,15H,3,11-14,16H2,1-2H3,(H,24,27)/p+1. The number of benzene rings is 2. The lowest BCUT2D eigenvalue weighted by Crippen LogP contribution is -3.13. The van der Waals surface area contributed by atoms with Gasteiger partial charge in [0.2, 0.25) is 0 Å². The Balaban J connectivity index is 1.52. The number of anilines is 1. The van der Waals surface area contributed by atoms with Crippen LogP contribution in [0.5, 0.6) is 5.75 Å². The summed E-state index contributed by atoms with van der Waals surface area (Å²) in [5.74, 6) is 0.749. The maximum atomic E-state index is 13.2. The molecule has 0 amide bonds. The van der Waals surface area contributed by atoms with Gasteiger partial charge < -0.3 is 19.5 Å². The summed E-state index contributed by atoms with van der Waals surface area (Å²) in [4.78, 5) is 20.5. The molecule has 4 rings (SSSR count). The lowest BCUT2D eigenvalue weighted by atomic mass is 10.1. The number of quaternary nitrogens is 1. The summed E-state index contributed by atoms with van der Waals surface area (Å²) < 4.78 is 5.58. The van der Waals surface area contributed by atoms with Crippen molar-refractivity contribution in [2.24, 2.45) is 0 Å². The largest absolute Gasteiger partial charge is 0.494 e. The molecule has 1 aliphatic rings. The number of rotatable bonds is 5. The first-order valence-electron chi connectivity index (χ1n) is 10.1. The van der Waals surface area contributed by atoms with E-state index in [1.54, 1.807) is 0 Å². The second-order valence-corrected chi connectivity index (χ2v) is 7.45. The fraction of sp³-hybridized carbons (Fsp3) is 0.348. The van der Waals surface area contributed by atoms with Crippen molar-refractivity contribution in [3.63, 3.8) is 0 Å². The summed E-state index contributed by atoms with van der Waals surface area (Å²) in [5.41, 5.74) is 4.15. The zero-order valence-electron chi connectivity index (χ0n) is 16.6. The Morgan fingerprint density at radius 2 is 1.86 bits per heavy atom. The Morgan fingerprint density at radius 1 is 1.11 bits per heavy atom. The predicted octanol–water partition coefficient (Wildman–Crippen LogP) is 2.14. The first-order chi connectivity index (χ1) is 13.7. The third-order valence-electron chi connectivity index (χ3n) is 5.61. The number of aryl methyl sites for hydroxylation is 1. The van der Waals surface area contributed by atoms with Crippen LogP contribution in [-0.4, -0.2) is 37.8 Å². The fourth-order valence-corrected chi connectivity index (χ4v) is 4.05. The summed E-state index contributed by atoms with van der Waals surface area (Å²) in [6, 6.07) is 16.3. The number of nitrogens with zero attached hydrogens (tertiary/aromatic N) is 1. The molecule has 0 radical (unpaired) electrons. The van der Waals surface area contributed by atoms with Crippen LogP contribution >= 0.6 is 0 Å². The number of ether oxygens (including phenoxy) is 1. The molecule has 1 fully saturated rings. The molecule has 1 aromatic heterocycles. The SMILES string of the molecule is CCOc1ccc2[nH]c(C)c(C[NH+]3CCN(c4ccccc4)CC3)c(=O)c2c1. The number of nitrogens with one attached hydrogen (secondary N) is 2. The highest BCUT2D eigenvalue weighted by Crippen LogP contribution is 2.18. The van der Waals surface area contributed by atoms with Crippen molar-refractivity contribution < 1.29 is 9.64 Å². The lowest BCUT2D eigenvalue weighted by Gasteiger charge is -2.33. The van der Waals surface area contributed by atoms with E-state index in [1.807, 2.05) is 32.0 Å². The number of piperazine rings is 1. The predicted molar refractivity (Wildman–Crippen MR) is 114 cm³/mol. The molecular formula is C23H28N3O2+. The number of fused-ring (bicyclic) bond motifs is 1. The molecular weight excluding hydrogens is 350 g/mol. The molecule has 5 heteroatoms. The first-order valence-corrected chi connectivity index (χ1v) is 10.1. The molecule has 1 aliphatic heterocycles. The Bertz CT molecular complexity index is 1010. The van der Waals surface area contributed by atoms with Gasteiger partial charge in [0.1, 0.15) is 12.3 Å². The zero-order chi connectivity index (χ0) is 19.5. The molecule has 0 aliphatic carbocycles. The summed E-state index contributed by atoms with van der Waals surface area (Å²) in [5, 5.41) is 0.717. The Labute approximate surface area is 165 Å². The molecule has 0 unspecified atom stereocenters. The lowest BCUT2D eigenvalue weighted by molar-refractivity contribution is -0.914. The molecule has 0 bridgehead atoms. The summed E-state index contributed by atoms with van der Waals surface area (Å²) in [6.07, 6.45) is 0. The van der Waals surface area contributed by atoms with Crippen LogP contribution in [0.1, 0.15) is 18.2 Å². The van der Waals surface area contributed by atoms with Crippen LogP contribution < -0.4 is 20.0 Å². The van der Waals surface area contributed by atoms with Crippen LogP contribution in [0.2, 0.25) is 0 Å². The molecule has 0 saturated carbocycles. The summed E-state index contributed by atoms with van der Waals surface area (Å²) in [7, 11) is 0. The van der Waals surface area contributed by atoms with Gasteiger partial charge in [0, 0.05) is 22.3 Å². The van der Waals surface area contributed by atoms with Gasteiger partial charge in [0.05, 0.1) is 38.3 Å². The second kappa shape index (κ2) is 8.07. The average Bonchev–Trinajstić information content (AvgIpc) is 2.73. The van der Waals surface area contributed by atoms with Crippen molar-refractivity contribution >= 4 is 16.6 Å². The van der Waals surface area contributed by atoms with Crippen LogP contribution in [0.4, 0.5) is 5.69 Å². The minimum atomic E-state index is 0.130. The molecule has 2 N–H and O–H groups in total. The first kappa shape index (κ1) is 18.6. The number of aromatic nitrogens is 1. The van der Waals surface area contributed by atoms with Gasteiger partial charge in [0.15, 0.2) is 5.43 Å². The van der Waals surface area contributed by atoms with Gasteiger partial charge in [-0.3, -0.25) is 4.79 Å². The van der Waals surface area contributed by atoms with E-state index < -0.39 is 0 Å². The maximum Gasteiger partial charge on any atom is 0.198 e. The van der Waals surface area contributed by atoms with Crippen molar-refractivity contribution in [2.75, 3.05) is 37.7 Å². The molecule has 28 heavy (non-hydrogen) atoms. The highest BCUT2D eigenvalue weighted by Gasteiger charge is 2.22. The van der Waals surface area contributed by atoms with Crippen LogP contribution in [0.3, 0.4) is 0 Å². The van der Waals surface area contributed by atoms with Gasteiger partial charge in [-0.2, -0.15) is 0 Å². The third-order valence-corrected chi connectivity index (χ3v) is 5.61. The molecule has 3 aromatic rings. The number of aromatic amines is 1. The van der Waals surface area contributed by atoms with Gasteiger partial charge >= 0.3 is 0 Å². The minimum Gasteiger partial charge on any atom is -0.494 e. The summed E-state index contributed by atoms with van der Waals surface area (Å²) in [6.45, 7) is 9.41. The Morgan fingerprint density at radius 3 is 2.57 bits per heavy atom. The van der Waals surface area contributed by atoms with Gasteiger partial charge in [-0.25, -0.2) is 0 Å². The normalized spacial score (nSPS) is 15.1. The van der Waals surface area contributed by atoms with Crippen molar-refractivity contribution in [2.45, 2.75) is 20.4 Å². The molecule has 0 spiro atoms. The van der Waals surface area contributed by atoms with Gasteiger partial charge in [-0.1, -0.05) is 18.2 Å². The van der Waals surface area contributed by atoms with E-state index in [4.69, 9.17) is 4.74 Å². The van der Waals surface area contributed by atoms with Crippen LogP contribution in [-0.2, 0) is 6.54 Å². The molecule has 0 atom stereocenters. The van der Waals surface area contributed by atoms with Crippen molar-refractivity contribution in [1.82, 2.24) is 4.98 Å². The number of pyridine rings is 1. The third kappa shape index (κ3) is 3.76. The second-order valence-electron chi connectivity index (χ2n) is 7.45. The van der Waals surface area contributed by atoms with E-state index in [0.717, 1.165) is 55.2 Å². The minimum absolute atomic E-state index is 0.130. The van der Waals surface area contributed by atoms with Gasteiger partial charge in [-0.05, 0) is 44.2 Å². The number of para-hydroxylation sites is 1. The quantitative estimate of drug-likeness (QED) is 0.715. The van der Waals surface area contributed by atoms with Gasteiger partial charge in [-0.15, -0.1) is 0 Å². The van der Waals surface area contributed by atoms with Crippen LogP contribution in [0, 0.1) is 6.92 Å². The van der Waals surface area contributed by atoms with E-state index in [1.165, 1.54) is 10.6 Å². The monoisotopic (exact) mass is 378 g/mol. The molecule has 5 nitrogen and oxygen atoms in total. The van der Waals surface area contributed by atoms with E-state index >= 15 is 0 Å². The Hall–Kier alpha value is -2.79. The smallest absolute Gasteiger partial charge is 0.198 e. The average molecular weight is 378 g/mol. The highest BCUT2D eigenvalue weighted by molar-refractivity contribution is 5.81. The topological polar surface area (TPSA) is 49.8 Å². The van der Waals surface area contributed by atoms with Crippen molar-refractivity contribution in [3.8, 4) is 5.75 Å². The zero-order valence-corrected chi connectivity index (χ0v) is 16.6. The summed E-state index contributed by atoms with van der Waals surface area (Å²) >= 11 is 0. The van der Waals surface area contributed by atoms with Crippen molar-refractivity contribution in [3.05, 3.63) is 70.0 Å². The van der Waals surface area contributed by atoms with Crippen molar-refractivity contribution in [1.29, 1.82) is 0 Å².